The van der Waals surface area contributed by atoms with E-state index >= 15 is 0 Å². The molecule has 2 heterocycles. The number of hydrogen-bond acceptors (Lipinski definition) is 4. The van der Waals surface area contributed by atoms with Crippen molar-refractivity contribution >= 4 is 27.0 Å². The fourth-order valence-corrected chi connectivity index (χ4v) is 2.73. The molecule has 0 aliphatic rings. The van der Waals surface area contributed by atoms with Crippen LogP contribution in [0.5, 0.6) is 0 Å². The van der Waals surface area contributed by atoms with E-state index in [0.29, 0.717) is 15.8 Å². The Labute approximate surface area is 123 Å². The number of hydrogen-bond donors (Lipinski definition) is 2. The molecule has 0 saturated carbocycles. The van der Waals surface area contributed by atoms with E-state index in [1.807, 2.05) is 31.2 Å². The van der Waals surface area contributed by atoms with Gasteiger partial charge in [0.25, 0.3) is 0 Å². The summed E-state index contributed by atoms with van der Waals surface area (Å²) in [5.41, 5.74) is 3.25. The number of nitrogens with one attached hydrogen (secondary N) is 2. The van der Waals surface area contributed by atoms with E-state index in [0.717, 1.165) is 17.7 Å². The van der Waals surface area contributed by atoms with Gasteiger partial charge in [0.2, 0.25) is 0 Å². The van der Waals surface area contributed by atoms with Crippen LogP contribution in [0.15, 0.2) is 48.8 Å². The van der Waals surface area contributed by atoms with Gasteiger partial charge in [0.1, 0.15) is 0 Å². The monoisotopic (exact) mass is 336 g/mol. The third-order valence-corrected chi connectivity index (χ3v) is 3.79. The molecule has 2 aromatic heterocycles. The van der Waals surface area contributed by atoms with Gasteiger partial charge in [0, 0.05) is 5.56 Å². The molecule has 5 nitrogen and oxygen atoms in total. The van der Waals surface area contributed by atoms with Gasteiger partial charge in [0.15, 0.2) is 10.3 Å². The summed E-state index contributed by atoms with van der Waals surface area (Å²) in [7, 11) is 0. The molecule has 1 aromatic carbocycles. The molecule has 0 aliphatic heterocycles. The van der Waals surface area contributed by atoms with Crippen molar-refractivity contribution in [3.8, 4) is 0 Å². The summed E-state index contributed by atoms with van der Waals surface area (Å²) in [6.45, 7) is 2.84. The van der Waals surface area contributed by atoms with Crippen molar-refractivity contribution in [1.29, 1.82) is 0 Å². The molecule has 3 aromatic rings. The molecule has 20 heavy (non-hydrogen) atoms. The van der Waals surface area contributed by atoms with Crippen molar-refractivity contribution in [3.05, 3.63) is 56.9 Å². The van der Waals surface area contributed by atoms with Gasteiger partial charge in [-0.2, -0.15) is 0 Å². The van der Waals surface area contributed by atoms with Gasteiger partial charge in [-0.3, -0.25) is 4.98 Å². The van der Waals surface area contributed by atoms with E-state index in [4.69, 9.17) is 8.83 Å². The first-order valence-corrected chi connectivity index (χ1v) is 7.07. The number of rotatable bonds is 4. The molecule has 0 amide bonds. The van der Waals surface area contributed by atoms with Crippen LogP contribution in [0.1, 0.15) is 24.1 Å². The molecule has 0 spiro atoms. The molecule has 0 fully saturated rings. The number of fused-ring (bicyclic) bond motifs is 1. The average Bonchev–Trinajstić information content (AvgIpc) is 3.00. The summed E-state index contributed by atoms with van der Waals surface area (Å²) in [5, 5.41) is 3.39. The van der Waals surface area contributed by atoms with E-state index in [9.17, 15) is 4.79 Å². The van der Waals surface area contributed by atoms with Gasteiger partial charge in [-0.05, 0) is 46.2 Å². The van der Waals surface area contributed by atoms with Crippen LogP contribution in [-0.4, -0.2) is 11.5 Å². The summed E-state index contributed by atoms with van der Waals surface area (Å²) in [6.07, 6.45) is 1.64. The van der Waals surface area contributed by atoms with Gasteiger partial charge in [0.05, 0.1) is 17.8 Å². The molecule has 1 unspecified atom stereocenters. The normalized spacial score (nSPS) is 12.9. The standard InChI is InChI=1S/C14H13BrN2O3/c1-2-16-12(9-5-6-19-13(9)15)8-3-4-10-11(7-8)20-14(18)17-10/h3-7,12,16H,2H2,1H3,(H,17,18). The highest BCUT2D eigenvalue weighted by Gasteiger charge is 2.18. The lowest BCUT2D eigenvalue weighted by Gasteiger charge is -2.17. The van der Waals surface area contributed by atoms with E-state index in [1.54, 1.807) is 6.26 Å². The van der Waals surface area contributed by atoms with Gasteiger partial charge < -0.3 is 14.2 Å². The molecule has 3 rings (SSSR count). The zero-order chi connectivity index (χ0) is 14.1. The Hall–Kier alpha value is -1.79. The highest BCUT2D eigenvalue weighted by atomic mass is 79.9. The van der Waals surface area contributed by atoms with Crippen molar-refractivity contribution in [3.63, 3.8) is 0 Å². The van der Waals surface area contributed by atoms with E-state index < -0.39 is 5.76 Å². The maximum absolute atomic E-state index is 11.2. The van der Waals surface area contributed by atoms with Crippen LogP contribution in [0.3, 0.4) is 0 Å². The number of aromatic nitrogens is 1. The second-order valence-corrected chi connectivity index (χ2v) is 5.13. The second kappa shape index (κ2) is 5.30. The number of H-pyrrole nitrogens is 1. The predicted octanol–water partition coefficient (Wildman–Crippen LogP) is 3.18. The average molecular weight is 337 g/mol. The van der Waals surface area contributed by atoms with Crippen LogP contribution in [-0.2, 0) is 0 Å². The van der Waals surface area contributed by atoms with Gasteiger partial charge in [-0.15, -0.1) is 0 Å². The molecule has 6 heteroatoms. The predicted molar refractivity (Wildman–Crippen MR) is 78.8 cm³/mol. The fraction of sp³-hybridized carbons (Fsp3) is 0.214. The molecular weight excluding hydrogens is 324 g/mol. The first kappa shape index (κ1) is 13.2. The summed E-state index contributed by atoms with van der Waals surface area (Å²) in [4.78, 5) is 13.9. The molecule has 2 N–H and O–H groups in total. The Morgan fingerprint density at radius 2 is 2.25 bits per heavy atom. The maximum atomic E-state index is 11.2. The quantitative estimate of drug-likeness (QED) is 0.767. The summed E-state index contributed by atoms with van der Waals surface area (Å²) in [5.74, 6) is -0.443. The van der Waals surface area contributed by atoms with Crippen LogP contribution < -0.4 is 11.1 Å². The van der Waals surface area contributed by atoms with Gasteiger partial charge in [-0.1, -0.05) is 13.0 Å². The molecule has 0 saturated heterocycles. The topological polar surface area (TPSA) is 71.2 Å². The largest absolute Gasteiger partial charge is 0.457 e. The molecule has 104 valence electrons. The smallest absolute Gasteiger partial charge is 0.417 e. The van der Waals surface area contributed by atoms with Crippen LogP contribution in [0.25, 0.3) is 11.1 Å². The molecule has 0 radical (unpaired) electrons. The minimum Gasteiger partial charge on any atom is -0.457 e. The Morgan fingerprint density at radius 1 is 1.40 bits per heavy atom. The molecule has 1 atom stereocenters. The maximum Gasteiger partial charge on any atom is 0.417 e. The fourth-order valence-electron chi connectivity index (χ4n) is 2.26. The first-order chi connectivity index (χ1) is 9.69. The summed E-state index contributed by atoms with van der Waals surface area (Å²) < 4.78 is 11.1. The van der Waals surface area contributed by atoms with Gasteiger partial charge in [-0.25, -0.2) is 4.79 Å². The van der Waals surface area contributed by atoms with Gasteiger partial charge >= 0.3 is 5.76 Å². The van der Waals surface area contributed by atoms with E-state index in [2.05, 4.69) is 26.2 Å². The highest BCUT2D eigenvalue weighted by Crippen LogP contribution is 2.30. The van der Waals surface area contributed by atoms with Crippen molar-refractivity contribution in [2.45, 2.75) is 13.0 Å². The molecule has 0 aliphatic carbocycles. The third-order valence-electron chi connectivity index (χ3n) is 3.14. The van der Waals surface area contributed by atoms with Crippen LogP contribution in [0, 0.1) is 0 Å². The number of furan rings is 1. The molecule has 0 bridgehead atoms. The number of aromatic amines is 1. The lowest BCUT2D eigenvalue weighted by molar-refractivity contribution is 0.526. The molecular formula is C14H13BrN2O3. The Kier molecular flexibility index (Phi) is 3.50. The van der Waals surface area contributed by atoms with Crippen molar-refractivity contribution in [2.75, 3.05) is 6.54 Å². The minimum atomic E-state index is -0.443. The van der Waals surface area contributed by atoms with Crippen molar-refractivity contribution in [1.82, 2.24) is 10.3 Å². The van der Waals surface area contributed by atoms with Crippen LogP contribution in [0.2, 0.25) is 0 Å². The van der Waals surface area contributed by atoms with Crippen LogP contribution >= 0.6 is 15.9 Å². The van der Waals surface area contributed by atoms with E-state index in [1.165, 1.54) is 0 Å². The Bertz CT molecular complexity index is 787. The lowest BCUT2D eigenvalue weighted by atomic mass is 10.0. The van der Waals surface area contributed by atoms with Crippen molar-refractivity contribution in [2.24, 2.45) is 0 Å². The van der Waals surface area contributed by atoms with Crippen molar-refractivity contribution < 1.29 is 8.83 Å². The second-order valence-electron chi connectivity index (χ2n) is 4.41. The first-order valence-electron chi connectivity index (χ1n) is 6.28. The summed E-state index contributed by atoms with van der Waals surface area (Å²) >= 11 is 3.40. The van der Waals surface area contributed by atoms with E-state index in [-0.39, 0.29) is 6.04 Å². The summed E-state index contributed by atoms with van der Waals surface area (Å²) in [6, 6.07) is 7.54. The Balaban J connectivity index is 2.09. The SMILES string of the molecule is CCNC(c1ccc2[nH]c(=O)oc2c1)c1ccoc1Br. The Morgan fingerprint density at radius 3 is 2.95 bits per heavy atom. The van der Waals surface area contributed by atoms with Crippen LogP contribution in [0.4, 0.5) is 0 Å². The highest BCUT2D eigenvalue weighted by molar-refractivity contribution is 9.10. The minimum absolute atomic E-state index is 0.0299. The number of halogens is 1. The zero-order valence-corrected chi connectivity index (χ0v) is 12.4. The number of oxazole rings is 1. The zero-order valence-electron chi connectivity index (χ0n) is 10.8. The number of benzene rings is 1. The lowest BCUT2D eigenvalue weighted by Crippen LogP contribution is -2.21. The third kappa shape index (κ3) is 2.32.